The minimum absolute atomic E-state index is 0.132. The molecule has 12 aromatic rings. The van der Waals surface area contributed by atoms with Gasteiger partial charge in [0.05, 0.1) is 80.0 Å². The Hall–Kier alpha value is -12.4. The number of nitrogens with two attached hydrogens (primary N) is 1. The molecule has 3 saturated heterocycles. The lowest BCUT2D eigenvalue weighted by molar-refractivity contribution is -0.140. The van der Waals surface area contributed by atoms with Crippen molar-refractivity contribution in [3.63, 3.8) is 0 Å². The van der Waals surface area contributed by atoms with Crippen LogP contribution in [-0.4, -0.2) is 210 Å². The van der Waals surface area contributed by atoms with E-state index < -0.39 is 5.97 Å². The van der Waals surface area contributed by atoms with Crippen molar-refractivity contribution in [2.45, 2.75) is 153 Å². The summed E-state index contributed by atoms with van der Waals surface area (Å²) in [7, 11) is 0. The van der Waals surface area contributed by atoms with Crippen LogP contribution in [0.15, 0.2) is 127 Å². The highest BCUT2D eigenvalue weighted by atomic mass is 16.5. The monoisotopic (exact) mass is 1640 g/mol. The number of nitrogen functional groups attached to an aromatic ring is 1. The van der Waals surface area contributed by atoms with Gasteiger partial charge in [0.1, 0.15) is 0 Å². The minimum Gasteiger partial charge on any atom is -0.478 e. The Morgan fingerprint density at radius 1 is 0.388 bits per heavy atom. The maximum Gasteiger partial charge on any atom is 0.335 e. The van der Waals surface area contributed by atoms with Crippen LogP contribution in [0.2, 0.25) is 0 Å². The summed E-state index contributed by atoms with van der Waals surface area (Å²) in [6, 6.07) is 43.0. The molecule has 0 bridgehead atoms. The zero-order valence-corrected chi connectivity index (χ0v) is 67.8. The summed E-state index contributed by atoms with van der Waals surface area (Å²) in [4.78, 5) is 85.6. The molecular formula is C90H101N21O10. The van der Waals surface area contributed by atoms with Crippen molar-refractivity contribution in [1.82, 2.24) is 90.3 Å². The number of aromatic amines is 3. The molecule has 626 valence electrons. The number of ether oxygens (including phenoxy) is 3. The topological polar surface area (TPSA) is 388 Å². The smallest absolute Gasteiger partial charge is 0.335 e. The Morgan fingerprint density at radius 3 is 1.00 bits per heavy atom. The molecule has 0 spiro atoms. The molecule has 5 amide bonds. The van der Waals surface area contributed by atoms with Gasteiger partial charge < -0.3 is 53.5 Å². The summed E-state index contributed by atoms with van der Waals surface area (Å²) >= 11 is 0. The summed E-state index contributed by atoms with van der Waals surface area (Å²) in [6.45, 7) is 8.97. The van der Waals surface area contributed by atoms with E-state index in [1.54, 1.807) is 6.07 Å². The van der Waals surface area contributed by atoms with Crippen LogP contribution in [-0.2, 0) is 67.5 Å². The number of morpholine rings is 3. The Morgan fingerprint density at radius 2 is 0.702 bits per heavy atom. The van der Waals surface area contributed by atoms with Crippen molar-refractivity contribution in [1.29, 1.82) is 0 Å². The molecule has 6 aromatic carbocycles. The lowest BCUT2D eigenvalue weighted by atomic mass is 9.81. The highest BCUT2D eigenvalue weighted by molar-refractivity contribution is 6.08. The second-order valence-electron chi connectivity index (χ2n) is 33.3. The van der Waals surface area contributed by atoms with Gasteiger partial charge in [-0.3, -0.25) is 34.6 Å². The van der Waals surface area contributed by atoms with Gasteiger partial charge in [0.2, 0.25) is 17.7 Å². The fourth-order valence-corrected chi connectivity index (χ4v) is 20.4. The fourth-order valence-electron chi connectivity index (χ4n) is 20.4. The third kappa shape index (κ3) is 16.6. The summed E-state index contributed by atoms with van der Waals surface area (Å²) in [5, 5.41) is 57.9. The first-order valence-corrected chi connectivity index (χ1v) is 43.0. The van der Waals surface area contributed by atoms with E-state index in [1.807, 2.05) is 51.1 Å². The van der Waals surface area contributed by atoms with E-state index in [-0.39, 0.29) is 65.1 Å². The molecule has 6 fully saturated rings. The molecule has 6 aliphatic heterocycles. The van der Waals surface area contributed by atoms with Gasteiger partial charge in [-0.1, -0.05) is 164 Å². The molecule has 6 aromatic heterocycles. The standard InChI is InChI=1S/2C30H33N7O3.C29H32N2O4.CH3N5/c2*38-28(31-30-32-34-35-33-30)21-10-11-24-25(17-21)37-18-22(29(39)36-12-14-40-15-13-36)16-20-8-4-5-9-23(20)27(37)26(24)19-6-2-1-3-7-19;32-28(30-12-14-35-15-13-30)22-16-20-8-4-5-9-23(20)27-26(19-6-2-1-3-7-19)24-11-10-21(29(33)34)17-25(24)31(27)18-22;2-1-3-5-6-4-1/h2*4-5,8-11,17,19,22H,1-3,6-7,12-16,18H2,(H2,31,32,33,34,35,38);4-5,8-11,17,19,22H,1-3,6-7,12-16,18H2,(H,33,34);(H3,2,3,4,5,6). The zero-order chi connectivity index (χ0) is 82.5. The van der Waals surface area contributed by atoms with Gasteiger partial charge in [-0.25, -0.2) is 4.79 Å². The molecule has 8 N–H and O–H groups in total. The van der Waals surface area contributed by atoms with Crippen LogP contribution < -0.4 is 16.4 Å². The van der Waals surface area contributed by atoms with Crippen LogP contribution in [0, 0.1) is 17.8 Å². The number of carbonyl (C=O) groups excluding carboxylic acids is 5. The first-order valence-electron chi connectivity index (χ1n) is 43.0. The number of carbonyl (C=O) groups is 6. The SMILES string of the molecule is Nc1nn[nH]n1.O=C(Nc1nn[nH]n1)c1ccc2c(C3CCCCC3)c3n(c2c1)CC(C(=O)N1CCOCC1)Cc1ccccc1-3.O=C(Nc1nn[nH]n1)c1ccc2c(C3CCCCC3)c3n(c2c1)CC(C(=O)N1CCOCC1)Cc1ccccc1-3.O=C(O)c1ccc2c(C3CCCCC3)c3n(c2c1)CC(C(=O)N1CCOCC1)Cc1ccccc1-3. The number of carboxylic acid groups (broad SMARTS) is 1. The molecule has 121 heavy (non-hydrogen) atoms. The quantitative estimate of drug-likeness (QED) is 0.0632. The van der Waals surface area contributed by atoms with E-state index in [4.69, 9.17) is 19.9 Å². The molecule has 31 heteroatoms. The molecule has 3 aliphatic carbocycles. The van der Waals surface area contributed by atoms with E-state index >= 15 is 0 Å². The summed E-state index contributed by atoms with van der Waals surface area (Å²) < 4.78 is 23.5. The molecule has 21 rings (SSSR count). The normalized spacial score (nSPS) is 19.4. The van der Waals surface area contributed by atoms with E-state index in [2.05, 4.69) is 171 Å². The summed E-state index contributed by atoms with van der Waals surface area (Å²) in [6.07, 6.45) is 20.2. The number of hydrogen-bond acceptors (Lipinski definition) is 19. The van der Waals surface area contributed by atoms with Crippen LogP contribution in [0.5, 0.6) is 0 Å². The third-order valence-electron chi connectivity index (χ3n) is 26.1. The third-order valence-corrected chi connectivity index (χ3v) is 26.1. The number of nitrogens with one attached hydrogen (secondary N) is 5. The average Bonchev–Trinajstić information content (AvgIpc) is 1.59. The fraction of sp³-hybridized carbons (Fsp3) is 0.433. The van der Waals surface area contributed by atoms with Gasteiger partial charge in [0.25, 0.3) is 29.7 Å². The van der Waals surface area contributed by atoms with Crippen LogP contribution in [0.25, 0.3) is 66.5 Å². The molecule has 3 atom stereocenters. The van der Waals surface area contributed by atoms with Crippen molar-refractivity contribution in [3.8, 4) is 33.8 Å². The lowest BCUT2D eigenvalue weighted by Gasteiger charge is -2.30. The largest absolute Gasteiger partial charge is 0.478 e. The van der Waals surface area contributed by atoms with Crippen molar-refractivity contribution in [2.75, 3.05) is 95.3 Å². The van der Waals surface area contributed by atoms with E-state index in [1.165, 1.54) is 136 Å². The second kappa shape index (κ2) is 35.9. The van der Waals surface area contributed by atoms with Gasteiger partial charge in [-0.2, -0.15) is 15.6 Å². The first kappa shape index (κ1) is 79.8. The summed E-state index contributed by atoms with van der Waals surface area (Å²) in [5.74, 6) is 0.210. The number of nitrogens with zero attached hydrogens (tertiary/aromatic N) is 15. The van der Waals surface area contributed by atoms with Gasteiger partial charge in [0, 0.05) is 119 Å². The molecule has 3 saturated carbocycles. The molecule has 0 radical (unpaired) electrons. The Bertz CT molecular complexity index is 5510. The van der Waals surface area contributed by atoms with Crippen molar-refractivity contribution >= 4 is 86.1 Å². The maximum atomic E-state index is 13.9. The number of tetrazole rings is 3. The molecule has 31 nitrogen and oxygen atoms in total. The highest BCUT2D eigenvalue weighted by Gasteiger charge is 2.40. The Balaban J connectivity index is 0.000000120. The Kier molecular flexibility index (Phi) is 23.7. The molecule has 9 aliphatic rings. The van der Waals surface area contributed by atoms with Gasteiger partial charge >= 0.3 is 5.97 Å². The van der Waals surface area contributed by atoms with E-state index in [0.29, 0.717) is 152 Å². The van der Waals surface area contributed by atoms with E-state index in [0.717, 1.165) is 60.5 Å². The van der Waals surface area contributed by atoms with Crippen LogP contribution in [0.4, 0.5) is 17.8 Å². The second-order valence-corrected chi connectivity index (χ2v) is 33.3. The van der Waals surface area contributed by atoms with E-state index in [9.17, 15) is 33.9 Å². The number of hydrogen-bond donors (Lipinski definition) is 7. The number of benzene rings is 6. The molecule has 3 unspecified atom stereocenters. The lowest BCUT2D eigenvalue weighted by Crippen LogP contribution is -2.45. The Labute approximate surface area is 698 Å². The minimum atomic E-state index is -0.920. The number of rotatable bonds is 11. The van der Waals surface area contributed by atoms with Crippen molar-refractivity contribution in [2.24, 2.45) is 17.8 Å². The summed E-state index contributed by atoms with van der Waals surface area (Å²) in [5.41, 5.74) is 24.1. The number of aromatic carboxylic acids is 1. The van der Waals surface area contributed by atoms with Crippen LogP contribution in [0.1, 0.15) is 179 Å². The predicted molar refractivity (Wildman–Crippen MR) is 453 cm³/mol. The predicted octanol–water partition coefficient (Wildman–Crippen LogP) is 12.2. The molecular weight excluding hydrogens is 1540 g/mol. The van der Waals surface area contributed by atoms with Crippen LogP contribution >= 0.6 is 0 Å². The van der Waals surface area contributed by atoms with Crippen molar-refractivity contribution in [3.05, 3.63) is 177 Å². The number of fused-ring (bicyclic) bond motifs is 15. The number of H-pyrrole nitrogens is 3. The van der Waals surface area contributed by atoms with Gasteiger partial charge in [0.15, 0.2) is 0 Å². The molecule has 12 heterocycles. The van der Waals surface area contributed by atoms with Crippen LogP contribution in [0.3, 0.4) is 0 Å². The number of carboxylic acids is 1. The van der Waals surface area contributed by atoms with Gasteiger partial charge in [-0.15, -0.1) is 15.3 Å². The maximum absolute atomic E-state index is 13.9. The zero-order valence-electron chi connectivity index (χ0n) is 67.8. The average molecular weight is 1640 g/mol. The first-order chi connectivity index (χ1) is 59.3. The highest BCUT2D eigenvalue weighted by Crippen LogP contribution is 2.51. The van der Waals surface area contributed by atoms with Crippen molar-refractivity contribution < 1.29 is 48.1 Å². The number of amides is 5. The van der Waals surface area contributed by atoms with Gasteiger partial charge in [-0.05, 0) is 161 Å². The number of aromatic nitrogens is 15. The number of anilines is 3.